The molecule has 28 heavy (non-hydrogen) atoms. The van der Waals surface area contributed by atoms with Gasteiger partial charge in [0.25, 0.3) is 5.91 Å². The maximum atomic E-state index is 13.1. The molecule has 1 fully saturated rings. The van der Waals surface area contributed by atoms with Crippen molar-refractivity contribution in [3.8, 4) is 0 Å². The number of carbonyl (C=O) groups excluding carboxylic acids is 1. The van der Waals surface area contributed by atoms with Crippen LogP contribution in [0.5, 0.6) is 0 Å². The molecule has 0 spiro atoms. The molecule has 0 aliphatic carbocycles. The zero-order valence-corrected chi connectivity index (χ0v) is 15.6. The minimum absolute atomic E-state index is 0.00311. The molecule has 7 nitrogen and oxygen atoms in total. The fourth-order valence-corrected chi connectivity index (χ4v) is 3.86. The van der Waals surface area contributed by atoms with Crippen LogP contribution in [0.15, 0.2) is 55.0 Å². The number of piperazine rings is 1. The number of benzene rings is 2. The lowest BCUT2D eigenvalue weighted by molar-refractivity contribution is 0.0742. The zero-order chi connectivity index (χ0) is 19.1. The molecule has 140 valence electrons. The molecular weight excluding hydrogens is 352 g/mol. The van der Waals surface area contributed by atoms with Crippen molar-refractivity contribution in [3.05, 3.63) is 60.7 Å². The molecule has 0 radical (unpaired) electrons. The fraction of sp³-hybridized carbons (Fsp3) is 0.238. The molecule has 0 atom stereocenters. The number of amides is 1. The van der Waals surface area contributed by atoms with Crippen molar-refractivity contribution in [1.29, 1.82) is 0 Å². The second-order valence-electron chi connectivity index (χ2n) is 7.03. The average molecular weight is 372 g/mol. The Morgan fingerprint density at radius 3 is 2.71 bits per heavy atom. The number of rotatable bonds is 2. The lowest BCUT2D eigenvalue weighted by Crippen LogP contribution is -2.49. The summed E-state index contributed by atoms with van der Waals surface area (Å²) in [6.45, 7) is 2.92. The van der Waals surface area contributed by atoms with E-state index in [1.165, 1.54) is 0 Å². The zero-order valence-electron chi connectivity index (χ0n) is 15.6. The number of aryl methyl sites for hydroxylation is 1. The highest BCUT2D eigenvalue weighted by molar-refractivity contribution is 6.04. The standard InChI is InChI=1S/C21H20N6O/c1-25-19-5-3-2-4-17(19)20(24-25)21(28)27-10-8-26(9-11-27)16-6-7-18-15(12-16)13-22-14-23-18/h2-7,12-14H,8-11H2,1H3. The number of fused-ring (bicyclic) bond motifs is 2. The monoisotopic (exact) mass is 372 g/mol. The molecule has 4 aromatic rings. The minimum atomic E-state index is 0.00311. The summed E-state index contributed by atoms with van der Waals surface area (Å²) in [6.07, 6.45) is 3.39. The van der Waals surface area contributed by atoms with Crippen molar-refractivity contribution < 1.29 is 4.79 Å². The van der Waals surface area contributed by atoms with E-state index in [2.05, 4.69) is 32.1 Å². The van der Waals surface area contributed by atoms with Crippen LogP contribution >= 0.6 is 0 Å². The third kappa shape index (κ3) is 2.76. The van der Waals surface area contributed by atoms with Gasteiger partial charge in [-0.15, -0.1) is 0 Å². The van der Waals surface area contributed by atoms with Crippen LogP contribution < -0.4 is 4.90 Å². The Balaban J connectivity index is 1.34. The highest BCUT2D eigenvalue weighted by Crippen LogP contribution is 2.23. The first-order valence-corrected chi connectivity index (χ1v) is 9.36. The fourth-order valence-electron chi connectivity index (χ4n) is 3.86. The van der Waals surface area contributed by atoms with E-state index in [0.29, 0.717) is 18.8 Å². The van der Waals surface area contributed by atoms with Gasteiger partial charge in [0.05, 0.1) is 11.0 Å². The van der Waals surface area contributed by atoms with Crippen LogP contribution in [0.1, 0.15) is 10.5 Å². The van der Waals surface area contributed by atoms with Crippen LogP contribution in [-0.2, 0) is 7.05 Å². The molecule has 5 rings (SSSR count). The highest BCUT2D eigenvalue weighted by Gasteiger charge is 2.26. The molecule has 0 unspecified atom stereocenters. The van der Waals surface area contributed by atoms with Crippen molar-refractivity contribution in [1.82, 2.24) is 24.6 Å². The Morgan fingerprint density at radius 2 is 1.86 bits per heavy atom. The van der Waals surface area contributed by atoms with Crippen LogP contribution in [-0.4, -0.2) is 56.7 Å². The van der Waals surface area contributed by atoms with Gasteiger partial charge in [0.15, 0.2) is 5.69 Å². The smallest absolute Gasteiger partial charge is 0.275 e. The van der Waals surface area contributed by atoms with Crippen LogP contribution in [0.3, 0.4) is 0 Å². The molecule has 0 bridgehead atoms. The largest absolute Gasteiger partial charge is 0.368 e. The molecular formula is C21H20N6O. The SMILES string of the molecule is Cn1nc(C(=O)N2CCN(c3ccc4ncncc4c3)CC2)c2ccccc21. The minimum Gasteiger partial charge on any atom is -0.368 e. The van der Waals surface area contributed by atoms with Gasteiger partial charge in [-0.05, 0) is 24.3 Å². The summed E-state index contributed by atoms with van der Waals surface area (Å²) in [6, 6.07) is 14.1. The topological polar surface area (TPSA) is 67.2 Å². The Hall–Kier alpha value is -3.48. The van der Waals surface area contributed by atoms with Gasteiger partial charge in [-0.2, -0.15) is 5.10 Å². The lowest BCUT2D eigenvalue weighted by atomic mass is 10.1. The van der Waals surface area contributed by atoms with Gasteiger partial charge in [-0.3, -0.25) is 9.48 Å². The Bertz CT molecular complexity index is 1180. The molecule has 1 saturated heterocycles. The van der Waals surface area contributed by atoms with Crippen molar-refractivity contribution in [2.75, 3.05) is 31.1 Å². The van der Waals surface area contributed by atoms with Gasteiger partial charge in [0.2, 0.25) is 0 Å². The second-order valence-corrected chi connectivity index (χ2v) is 7.03. The van der Waals surface area contributed by atoms with E-state index >= 15 is 0 Å². The van der Waals surface area contributed by atoms with Crippen LogP contribution in [0, 0.1) is 0 Å². The Kier molecular flexibility index (Phi) is 3.93. The van der Waals surface area contributed by atoms with Crippen molar-refractivity contribution in [3.63, 3.8) is 0 Å². The summed E-state index contributed by atoms with van der Waals surface area (Å²) < 4.78 is 1.77. The second kappa shape index (κ2) is 6.60. The van der Waals surface area contributed by atoms with E-state index in [0.717, 1.165) is 40.6 Å². The van der Waals surface area contributed by atoms with E-state index in [-0.39, 0.29) is 5.91 Å². The van der Waals surface area contributed by atoms with E-state index in [1.807, 2.05) is 48.5 Å². The maximum absolute atomic E-state index is 13.1. The summed E-state index contributed by atoms with van der Waals surface area (Å²) in [5.74, 6) is 0.00311. The number of para-hydroxylation sites is 1. The van der Waals surface area contributed by atoms with Gasteiger partial charge < -0.3 is 9.80 Å². The van der Waals surface area contributed by atoms with Crippen LogP contribution in [0.4, 0.5) is 5.69 Å². The number of hydrogen-bond donors (Lipinski definition) is 0. The molecule has 1 amide bonds. The van der Waals surface area contributed by atoms with Crippen LogP contribution in [0.25, 0.3) is 21.8 Å². The van der Waals surface area contributed by atoms with Gasteiger partial charge in [0, 0.05) is 55.9 Å². The quantitative estimate of drug-likeness (QED) is 0.541. The van der Waals surface area contributed by atoms with E-state index < -0.39 is 0 Å². The van der Waals surface area contributed by atoms with Gasteiger partial charge in [0.1, 0.15) is 6.33 Å². The maximum Gasteiger partial charge on any atom is 0.275 e. The molecule has 7 heteroatoms. The summed E-state index contributed by atoms with van der Waals surface area (Å²) >= 11 is 0. The molecule has 2 aromatic carbocycles. The number of hydrogen-bond acceptors (Lipinski definition) is 5. The number of anilines is 1. The van der Waals surface area contributed by atoms with Gasteiger partial charge in [-0.25, -0.2) is 9.97 Å². The number of nitrogens with zero attached hydrogens (tertiary/aromatic N) is 6. The molecule has 3 heterocycles. The lowest BCUT2D eigenvalue weighted by Gasteiger charge is -2.36. The number of aromatic nitrogens is 4. The highest BCUT2D eigenvalue weighted by atomic mass is 16.2. The predicted octanol–water partition coefficient (Wildman–Crippen LogP) is 2.48. The first kappa shape index (κ1) is 16.7. The Labute approximate surface area is 162 Å². The molecule has 1 aliphatic rings. The van der Waals surface area contributed by atoms with E-state index in [4.69, 9.17) is 0 Å². The third-order valence-corrected chi connectivity index (χ3v) is 5.38. The molecule has 0 N–H and O–H groups in total. The third-order valence-electron chi connectivity index (χ3n) is 5.38. The van der Waals surface area contributed by atoms with E-state index in [9.17, 15) is 4.79 Å². The molecule has 2 aromatic heterocycles. The summed E-state index contributed by atoms with van der Waals surface area (Å²) in [7, 11) is 1.88. The first-order valence-electron chi connectivity index (χ1n) is 9.36. The average Bonchev–Trinajstić information content (AvgIpc) is 3.10. The van der Waals surface area contributed by atoms with E-state index in [1.54, 1.807) is 11.0 Å². The normalized spacial score (nSPS) is 14.8. The van der Waals surface area contributed by atoms with Crippen molar-refractivity contribution in [2.24, 2.45) is 7.05 Å². The predicted molar refractivity (Wildman–Crippen MR) is 108 cm³/mol. The molecule has 0 saturated carbocycles. The van der Waals surface area contributed by atoms with Crippen LogP contribution in [0.2, 0.25) is 0 Å². The van der Waals surface area contributed by atoms with Gasteiger partial charge >= 0.3 is 0 Å². The van der Waals surface area contributed by atoms with Crippen molar-refractivity contribution >= 4 is 33.4 Å². The van der Waals surface area contributed by atoms with Gasteiger partial charge in [-0.1, -0.05) is 18.2 Å². The molecule has 1 aliphatic heterocycles. The summed E-state index contributed by atoms with van der Waals surface area (Å²) in [5, 5.41) is 6.41. The summed E-state index contributed by atoms with van der Waals surface area (Å²) in [4.78, 5) is 25.6. The number of carbonyl (C=O) groups is 1. The van der Waals surface area contributed by atoms with Crippen molar-refractivity contribution in [2.45, 2.75) is 0 Å². The first-order chi connectivity index (χ1) is 13.7. The Morgan fingerprint density at radius 1 is 1.04 bits per heavy atom. The summed E-state index contributed by atoms with van der Waals surface area (Å²) in [5.41, 5.74) is 3.59.